The van der Waals surface area contributed by atoms with Crippen LogP contribution < -0.4 is 0 Å². The van der Waals surface area contributed by atoms with Gasteiger partial charge in [-0.3, -0.25) is 4.79 Å². The number of carbonyl (C=O) groups is 1. The van der Waals surface area contributed by atoms with Crippen molar-refractivity contribution in [2.45, 2.75) is 25.7 Å². The molecular weight excluding hydrogens is 380 g/mol. The molecule has 0 spiro atoms. The molecule has 2 fully saturated rings. The van der Waals surface area contributed by atoms with Gasteiger partial charge in [0, 0.05) is 37.7 Å². The normalized spacial score (nSPS) is 25.2. The summed E-state index contributed by atoms with van der Waals surface area (Å²) in [6.07, 6.45) is 0.564. The van der Waals surface area contributed by atoms with Crippen LogP contribution in [0.4, 0.5) is 0 Å². The van der Waals surface area contributed by atoms with Gasteiger partial charge in [0.1, 0.15) is 0 Å². The van der Waals surface area contributed by atoms with Crippen LogP contribution in [0.25, 0.3) is 0 Å². The Morgan fingerprint density at radius 1 is 1.25 bits per heavy atom. The van der Waals surface area contributed by atoms with Gasteiger partial charge in [0.15, 0.2) is 5.82 Å². The van der Waals surface area contributed by atoms with Crippen molar-refractivity contribution in [3.05, 3.63) is 47.6 Å². The van der Waals surface area contributed by atoms with E-state index in [9.17, 15) is 13.2 Å². The topological polar surface area (TPSA) is 96.6 Å². The fraction of sp³-hybridized carbons (Fsp3) is 0.526. The molecule has 2 aromatic rings. The van der Waals surface area contributed by atoms with Crippen LogP contribution in [0.15, 0.2) is 34.9 Å². The van der Waals surface area contributed by atoms with E-state index in [1.165, 1.54) is 4.31 Å². The van der Waals surface area contributed by atoms with Crippen LogP contribution in [0, 0.1) is 12.8 Å². The Hall–Kier alpha value is -2.26. The van der Waals surface area contributed by atoms with Crippen LogP contribution in [0.1, 0.15) is 35.4 Å². The van der Waals surface area contributed by atoms with E-state index in [0.29, 0.717) is 43.3 Å². The first-order chi connectivity index (χ1) is 13.4. The molecule has 0 radical (unpaired) electrons. The van der Waals surface area contributed by atoms with Crippen molar-refractivity contribution >= 4 is 15.9 Å². The van der Waals surface area contributed by atoms with Gasteiger partial charge in [-0.2, -0.15) is 4.98 Å². The summed E-state index contributed by atoms with van der Waals surface area (Å²) in [4.78, 5) is 19.2. The molecule has 2 atom stereocenters. The molecule has 2 aliphatic rings. The second kappa shape index (κ2) is 6.97. The molecular formula is C19H24N4O4S. The monoisotopic (exact) mass is 404 g/mol. The molecule has 2 unspecified atom stereocenters. The number of hydrogen-bond donors (Lipinski definition) is 0. The molecule has 2 aliphatic heterocycles. The Morgan fingerprint density at radius 2 is 2.00 bits per heavy atom. The number of carbonyl (C=O) groups excluding carboxylic acids is 1. The molecule has 4 rings (SSSR count). The van der Waals surface area contributed by atoms with E-state index in [0.717, 1.165) is 0 Å². The first-order valence-electron chi connectivity index (χ1n) is 9.48. The van der Waals surface area contributed by atoms with E-state index in [1.54, 1.807) is 24.0 Å². The minimum absolute atomic E-state index is 0.0615. The number of hydrogen-bond acceptors (Lipinski definition) is 6. The zero-order valence-electron chi connectivity index (χ0n) is 16.0. The van der Waals surface area contributed by atoms with E-state index in [-0.39, 0.29) is 24.1 Å². The molecule has 1 aromatic heterocycles. The summed E-state index contributed by atoms with van der Waals surface area (Å²) in [6.45, 7) is 5.05. The molecule has 8 nitrogen and oxygen atoms in total. The lowest BCUT2D eigenvalue weighted by Gasteiger charge is -2.26. The first kappa shape index (κ1) is 19.1. The van der Waals surface area contributed by atoms with Crippen LogP contribution >= 0.6 is 0 Å². The number of likely N-dealkylation sites (tertiary alicyclic amines) is 1. The predicted molar refractivity (Wildman–Crippen MR) is 102 cm³/mol. The number of rotatable bonds is 5. The van der Waals surface area contributed by atoms with Crippen molar-refractivity contribution in [2.75, 3.05) is 31.9 Å². The number of sulfonamides is 1. The first-order valence-corrected chi connectivity index (χ1v) is 11.1. The summed E-state index contributed by atoms with van der Waals surface area (Å²) < 4.78 is 32.3. The Labute approximate surface area is 164 Å². The second-order valence-corrected chi connectivity index (χ2v) is 9.75. The van der Waals surface area contributed by atoms with Crippen LogP contribution in [0.3, 0.4) is 0 Å². The zero-order chi connectivity index (χ0) is 19.9. The van der Waals surface area contributed by atoms with Crippen molar-refractivity contribution in [1.82, 2.24) is 19.3 Å². The maximum absolute atomic E-state index is 13.0. The maximum atomic E-state index is 13.0. The summed E-state index contributed by atoms with van der Waals surface area (Å²) in [5.74, 6) is 0.907. The van der Waals surface area contributed by atoms with E-state index in [1.807, 2.05) is 25.1 Å². The summed E-state index contributed by atoms with van der Waals surface area (Å²) in [6, 6.07) is 9.12. The molecule has 0 N–H and O–H groups in total. The van der Waals surface area contributed by atoms with Crippen LogP contribution in [0.2, 0.25) is 0 Å². The molecule has 150 valence electrons. The Morgan fingerprint density at radius 3 is 2.64 bits per heavy atom. The highest BCUT2D eigenvalue weighted by Crippen LogP contribution is 2.45. The third-order valence-corrected chi connectivity index (χ3v) is 7.68. The lowest BCUT2D eigenvalue weighted by Crippen LogP contribution is -2.41. The molecule has 0 saturated carbocycles. The van der Waals surface area contributed by atoms with Gasteiger partial charge in [0.25, 0.3) is 5.91 Å². The number of aryl methyl sites for hydroxylation is 1. The van der Waals surface area contributed by atoms with Crippen molar-refractivity contribution < 1.29 is 17.7 Å². The zero-order valence-corrected chi connectivity index (χ0v) is 16.9. The fourth-order valence-electron chi connectivity index (χ4n) is 4.34. The maximum Gasteiger partial charge on any atom is 0.253 e. The summed E-state index contributed by atoms with van der Waals surface area (Å²) in [7, 11) is -3.34. The third kappa shape index (κ3) is 3.12. The van der Waals surface area contributed by atoms with Gasteiger partial charge in [0.05, 0.1) is 11.2 Å². The third-order valence-electron chi connectivity index (χ3n) is 5.69. The summed E-state index contributed by atoms with van der Waals surface area (Å²) in [5, 5.41) is 3.91. The highest BCUT2D eigenvalue weighted by molar-refractivity contribution is 7.89. The lowest BCUT2D eigenvalue weighted by atomic mass is 9.81. The van der Waals surface area contributed by atoms with Crippen LogP contribution in [-0.4, -0.2) is 65.6 Å². The minimum atomic E-state index is -3.34. The Balaban J connectivity index is 1.66. The molecule has 9 heteroatoms. The summed E-state index contributed by atoms with van der Waals surface area (Å²) >= 11 is 0. The van der Waals surface area contributed by atoms with Crippen molar-refractivity contribution in [1.29, 1.82) is 0 Å². The number of nitrogens with zero attached hydrogens (tertiary/aromatic N) is 4. The lowest BCUT2D eigenvalue weighted by molar-refractivity contribution is 0.0773. The fourth-order valence-corrected chi connectivity index (χ4v) is 5.95. The quantitative estimate of drug-likeness (QED) is 0.748. The highest BCUT2D eigenvalue weighted by atomic mass is 32.2. The van der Waals surface area contributed by atoms with Crippen molar-refractivity contribution in [3.63, 3.8) is 0 Å². The number of benzene rings is 1. The minimum Gasteiger partial charge on any atom is -0.339 e. The molecule has 0 bridgehead atoms. The highest BCUT2D eigenvalue weighted by Gasteiger charge is 2.59. The molecule has 2 saturated heterocycles. The Bertz CT molecular complexity index is 975. The van der Waals surface area contributed by atoms with Gasteiger partial charge >= 0.3 is 0 Å². The molecule has 28 heavy (non-hydrogen) atoms. The predicted octanol–water partition coefficient (Wildman–Crippen LogP) is 1.44. The average molecular weight is 404 g/mol. The van der Waals surface area contributed by atoms with Gasteiger partial charge in [-0.05, 0) is 25.5 Å². The van der Waals surface area contributed by atoms with Gasteiger partial charge < -0.3 is 9.42 Å². The van der Waals surface area contributed by atoms with E-state index in [4.69, 9.17) is 4.52 Å². The number of fused-ring (bicyclic) bond motifs is 1. The molecule has 1 aromatic carbocycles. The molecule has 1 amide bonds. The van der Waals surface area contributed by atoms with Crippen molar-refractivity contribution in [2.24, 2.45) is 5.92 Å². The van der Waals surface area contributed by atoms with Gasteiger partial charge in [-0.25, -0.2) is 12.7 Å². The molecule has 3 heterocycles. The van der Waals surface area contributed by atoms with Crippen LogP contribution in [-0.2, 0) is 15.4 Å². The largest absolute Gasteiger partial charge is 0.339 e. The van der Waals surface area contributed by atoms with Gasteiger partial charge in [-0.15, -0.1) is 0 Å². The molecule has 0 aliphatic carbocycles. The van der Waals surface area contributed by atoms with Crippen LogP contribution in [0.5, 0.6) is 0 Å². The van der Waals surface area contributed by atoms with Gasteiger partial charge in [-0.1, -0.05) is 30.3 Å². The standard InChI is InChI=1S/C19H24N4O4S/c1-3-9-28(25,26)23-11-16-10-22(17(24)15-7-5-4-6-8-15)12-19(16,13-23)18-20-14(2)21-27-18/h4-8,16H,3,9-13H2,1-2H3. The van der Waals surface area contributed by atoms with E-state index in [2.05, 4.69) is 10.1 Å². The Kier molecular flexibility index (Phi) is 4.75. The van der Waals surface area contributed by atoms with E-state index >= 15 is 0 Å². The van der Waals surface area contributed by atoms with Gasteiger partial charge in [0.2, 0.25) is 15.9 Å². The number of aromatic nitrogens is 2. The van der Waals surface area contributed by atoms with Crippen molar-refractivity contribution in [3.8, 4) is 0 Å². The number of amides is 1. The smallest absolute Gasteiger partial charge is 0.253 e. The summed E-state index contributed by atoms with van der Waals surface area (Å²) in [5.41, 5.74) is -0.0400. The average Bonchev–Trinajstić information content (AvgIpc) is 3.34. The second-order valence-electron chi connectivity index (χ2n) is 7.66. The SMILES string of the molecule is CCCS(=O)(=O)N1CC2CN(C(=O)c3ccccc3)CC2(c2nc(C)no2)C1. The van der Waals surface area contributed by atoms with E-state index < -0.39 is 15.4 Å².